The number of amides is 3. The van der Waals surface area contributed by atoms with Crippen molar-refractivity contribution in [2.75, 3.05) is 7.11 Å². The Hall–Kier alpha value is -5.16. The molecule has 0 unspecified atom stereocenters. The Balaban J connectivity index is 2.18. The van der Waals surface area contributed by atoms with Gasteiger partial charge in [-0.05, 0) is 52.9 Å². The summed E-state index contributed by atoms with van der Waals surface area (Å²) in [6, 6.07) is 9.60. The van der Waals surface area contributed by atoms with Crippen molar-refractivity contribution in [1.29, 1.82) is 0 Å². The van der Waals surface area contributed by atoms with Crippen LogP contribution in [0.25, 0.3) is 0 Å². The van der Waals surface area contributed by atoms with Gasteiger partial charge in [0, 0.05) is 23.6 Å². The molecule has 0 saturated heterocycles. The molecule has 0 bridgehead atoms. The highest BCUT2D eigenvalue weighted by molar-refractivity contribution is 6.31. The number of carbonyl (C=O) groups is 5. The second kappa shape index (κ2) is 17.4. The van der Waals surface area contributed by atoms with Crippen molar-refractivity contribution in [1.82, 2.24) is 15.7 Å². The number of alkyl halides is 6. The Morgan fingerprint density at radius 3 is 1.92 bits per heavy atom. The van der Waals surface area contributed by atoms with Crippen LogP contribution in [0.5, 0.6) is 5.75 Å². The molecular weight excluding hydrogens is 726 g/mol. The van der Waals surface area contributed by atoms with Gasteiger partial charge in [-0.1, -0.05) is 67.9 Å². The van der Waals surface area contributed by atoms with E-state index in [9.17, 15) is 50.3 Å². The van der Waals surface area contributed by atoms with Crippen molar-refractivity contribution in [3.63, 3.8) is 0 Å². The predicted octanol–water partition coefficient (Wildman–Crippen LogP) is 5.01. The summed E-state index contributed by atoms with van der Waals surface area (Å²) in [6.07, 6.45) is -11.6. The minimum Gasteiger partial charge on any atom is -0.497 e. The van der Waals surface area contributed by atoms with E-state index in [1.807, 2.05) is 5.32 Å². The van der Waals surface area contributed by atoms with E-state index in [0.29, 0.717) is 5.56 Å². The quantitative estimate of drug-likeness (QED) is 0.162. The third-order valence-corrected chi connectivity index (χ3v) is 7.72. The van der Waals surface area contributed by atoms with E-state index in [-0.39, 0.29) is 33.5 Å². The summed E-state index contributed by atoms with van der Waals surface area (Å²) >= 11 is 5.98. The lowest BCUT2D eigenvalue weighted by molar-refractivity contribution is -0.233. The molecule has 0 aliphatic carbocycles. The molecule has 3 atom stereocenters. The average molecular weight is 759 g/mol. The Kier molecular flexibility index (Phi) is 13.8. The van der Waals surface area contributed by atoms with Gasteiger partial charge in [0.25, 0.3) is 11.7 Å². The van der Waals surface area contributed by atoms with Gasteiger partial charge in [-0.2, -0.15) is 31.4 Å². The fourth-order valence-corrected chi connectivity index (χ4v) is 4.93. The fourth-order valence-electron chi connectivity index (χ4n) is 4.74. The Morgan fingerprint density at radius 1 is 0.827 bits per heavy atom. The van der Waals surface area contributed by atoms with Crippen LogP contribution in [0.2, 0.25) is 5.02 Å². The van der Waals surface area contributed by atoms with Crippen LogP contribution in [0.15, 0.2) is 72.8 Å². The van der Waals surface area contributed by atoms with Crippen LogP contribution < -0.4 is 21.1 Å². The second-order valence-corrected chi connectivity index (χ2v) is 12.0. The van der Waals surface area contributed by atoms with E-state index in [2.05, 4.69) is 10.2 Å². The third-order valence-electron chi connectivity index (χ3n) is 7.48. The Morgan fingerprint density at radius 2 is 1.42 bits per heavy atom. The van der Waals surface area contributed by atoms with Gasteiger partial charge in [0.05, 0.1) is 13.2 Å². The van der Waals surface area contributed by atoms with Crippen molar-refractivity contribution < 1.29 is 59.9 Å². The Labute approximate surface area is 298 Å². The Bertz CT molecular complexity index is 1750. The minimum absolute atomic E-state index is 0.0457. The summed E-state index contributed by atoms with van der Waals surface area (Å²) < 4.78 is 86.0. The van der Waals surface area contributed by atoms with E-state index in [0.717, 1.165) is 12.1 Å². The highest BCUT2D eigenvalue weighted by atomic mass is 35.5. The van der Waals surface area contributed by atoms with Gasteiger partial charge >= 0.3 is 18.3 Å². The lowest BCUT2D eigenvalue weighted by Gasteiger charge is -2.31. The van der Waals surface area contributed by atoms with Gasteiger partial charge < -0.3 is 25.9 Å². The van der Waals surface area contributed by atoms with Gasteiger partial charge in [0.15, 0.2) is 6.04 Å². The number of Topliss-reactive ketones (excluding diaryl/α,β-unsaturated/α-hetero) is 1. The number of rotatable bonds is 13. The van der Waals surface area contributed by atoms with E-state index in [1.54, 1.807) is 0 Å². The van der Waals surface area contributed by atoms with Gasteiger partial charge in [-0.15, -0.1) is 0 Å². The smallest absolute Gasteiger partial charge is 0.493 e. The first-order chi connectivity index (χ1) is 24.3. The number of hydroxylamine groups is 2. The van der Waals surface area contributed by atoms with Crippen molar-refractivity contribution in [3.8, 4) is 5.75 Å². The molecular formula is C34H33ClF6N4O7. The topological polar surface area (TPSA) is 157 Å². The van der Waals surface area contributed by atoms with Crippen LogP contribution in [0.4, 0.5) is 26.3 Å². The first kappa shape index (κ1) is 41.3. The fraction of sp³-hybridized carbons (Fsp3) is 0.324. The lowest BCUT2D eigenvalue weighted by atomic mass is 9.97. The zero-order chi connectivity index (χ0) is 39.0. The zero-order valence-electron chi connectivity index (χ0n) is 27.7. The summed E-state index contributed by atoms with van der Waals surface area (Å²) in [4.78, 5) is 70.5. The average Bonchev–Trinajstić information content (AvgIpc) is 3.09. The van der Waals surface area contributed by atoms with Crippen LogP contribution in [0, 0.1) is 5.92 Å². The molecule has 0 aliphatic heterocycles. The number of carbonyl (C=O) groups excluding carboxylic acids is 5. The number of halogens is 7. The molecule has 0 heterocycles. The largest absolute Gasteiger partial charge is 0.497 e. The number of methoxy groups -OCH3 is 1. The first-order valence-corrected chi connectivity index (χ1v) is 15.7. The van der Waals surface area contributed by atoms with Crippen molar-refractivity contribution in [3.05, 3.63) is 100 Å². The zero-order valence-corrected chi connectivity index (χ0v) is 28.4. The molecule has 0 saturated carbocycles. The maximum absolute atomic E-state index is 14.2. The maximum atomic E-state index is 14.2. The predicted molar refractivity (Wildman–Crippen MR) is 173 cm³/mol. The molecule has 0 aromatic heterocycles. The summed E-state index contributed by atoms with van der Waals surface area (Å²) in [5.74, 6) is -10.2. The van der Waals surface area contributed by atoms with E-state index in [1.165, 1.54) is 81.6 Å². The minimum atomic E-state index is -5.65. The number of hydrogen-bond donors (Lipinski definition) is 3. The third kappa shape index (κ3) is 10.9. The number of hydrogen-bond acceptors (Lipinski definition) is 8. The number of ketones is 1. The molecule has 3 aromatic rings. The van der Waals surface area contributed by atoms with Crippen molar-refractivity contribution in [2.45, 2.75) is 57.3 Å². The number of nitrogens with one attached hydrogen (secondary N) is 2. The monoisotopic (exact) mass is 758 g/mol. The number of benzene rings is 3. The number of ether oxygens (including phenoxy) is 1. The molecule has 3 amide bonds. The summed E-state index contributed by atoms with van der Waals surface area (Å²) in [5.41, 5.74) is 5.98. The highest BCUT2D eigenvalue weighted by Crippen LogP contribution is 2.26. The first-order valence-electron chi connectivity index (χ1n) is 15.3. The van der Waals surface area contributed by atoms with Crippen LogP contribution in [-0.4, -0.2) is 66.1 Å². The van der Waals surface area contributed by atoms with Gasteiger partial charge in [0.1, 0.15) is 11.8 Å². The van der Waals surface area contributed by atoms with Gasteiger partial charge in [-0.3, -0.25) is 19.2 Å². The molecule has 0 radical (unpaired) electrons. The van der Waals surface area contributed by atoms with Gasteiger partial charge in [-0.25, -0.2) is 4.79 Å². The lowest BCUT2D eigenvalue weighted by Crippen LogP contribution is -2.56. The van der Waals surface area contributed by atoms with E-state index in [4.69, 9.17) is 22.1 Å². The van der Waals surface area contributed by atoms with Crippen molar-refractivity contribution >= 4 is 41.1 Å². The normalized spacial score (nSPS) is 13.4. The molecule has 280 valence electrons. The molecule has 3 rings (SSSR count). The number of nitrogens with zero attached hydrogens (tertiary/aromatic N) is 1. The van der Waals surface area contributed by atoms with Crippen LogP contribution in [0.1, 0.15) is 46.9 Å². The molecule has 0 fully saturated rings. The number of nitrogens with two attached hydrogens (primary N) is 1. The second-order valence-electron chi connectivity index (χ2n) is 11.6. The molecule has 4 N–H and O–H groups in total. The van der Waals surface area contributed by atoms with E-state index < -0.39 is 77.9 Å². The van der Waals surface area contributed by atoms with Crippen molar-refractivity contribution in [2.24, 2.45) is 11.7 Å². The van der Waals surface area contributed by atoms with Crippen LogP contribution in [0.3, 0.4) is 0 Å². The standard InChI is InChI=1S/C34H33ClF6N4O7/c1-18(2)26(28(46)33(36,37)38)43-30(48)27(21-11-13-24(51-3)14-12-21)44-29(47)25(15-19-7-9-20(17-42)10-8-19)45(52-32(50)34(39,40)41)31(49)22-5-4-6-23(35)16-22/h4-14,16,18,25-27H,15,17,42H2,1-3H3,(H,43,48)(H,44,47)/t25-,26-,27-/m0/s1. The molecule has 11 nitrogen and oxygen atoms in total. The molecule has 52 heavy (non-hydrogen) atoms. The maximum Gasteiger partial charge on any atom is 0.493 e. The molecule has 0 spiro atoms. The summed E-state index contributed by atoms with van der Waals surface area (Å²) in [6.45, 7) is 2.56. The van der Waals surface area contributed by atoms with E-state index >= 15 is 0 Å². The highest BCUT2D eigenvalue weighted by Gasteiger charge is 2.47. The summed E-state index contributed by atoms with van der Waals surface area (Å²) in [5, 5.41) is 4.08. The molecule has 3 aromatic carbocycles. The van der Waals surface area contributed by atoms with Crippen LogP contribution in [-0.2, 0) is 37.0 Å². The van der Waals surface area contributed by atoms with Crippen LogP contribution >= 0.6 is 11.6 Å². The van der Waals surface area contributed by atoms with Gasteiger partial charge in [0.2, 0.25) is 11.8 Å². The SMILES string of the molecule is COc1ccc([C@H](NC(=O)[C@H](Cc2ccc(CN)cc2)N(OC(=O)C(F)(F)F)C(=O)c2cccc(Cl)c2)C(=O)N[C@H](C(=O)C(F)(F)F)C(C)C)cc1. The molecule has 18 heteroatoms. The molecule has 0 aliphatic rings. The summed E-state index contributed by atoms with van der Waals surface area (Å²) in [7, 11) is 1.31.